The highest BCUT2D eigenvalue weighted by molar-refractivity contribution is 7.99. The van der Waals surface area contributed by atoms with Gasteiger partial charge in [-0.2, -0.15) is 0 Å². The molecule has 0 aliphatic carbocycles. The average Bonchev–Trinajstić information content (AvgIpc) is 2.52. The zero-order valence-corrected chi connectivity index (χ0v) is 14.9. The molecular weight excluding hydrogens is 322 g/mol. The monoisotopic (exact) mass is 343 g/mol. The summed E-state index contributed by atoms with van der Waals surface area (Å²) in [6.45, 7) is 6.10. The largest absolute Gasteiger partial charge is 0.310 e. The van der Waals surface area contributed by atoms with Crippen LogP contribution < -0.4 is 10.9 Å². The van der Waals surface area contributed by atoms with Gasteiger partial charge in [0.15, 0.2) is 5.16 Å². The molecule has 1 unspecified atom stereocenters. The van der Waals surface area contributed by atoms with Crippen LogP contribution in [0.5, 0.6) is 0 Å². The number of anilines is 1. The van der Waals surface area contributed by atoms with Gasteiger partial charge in [0.2, 0.25) is 5.91 Å². The summed E-state index contributed by atoms with van der Waals surface area (Å²) in [4.78, 5) is 32.2. The number of hydrogen-bond donors (Lipinski definition) is 2. The van der Waals surface area contributed by atoms with Crippen molar-refractivity contribution in [3.63, 3.8) is 0 Å². The molecule has 3 rings (SSSR count). The maximum atomic E-state index is 12.7. The number of hydrogen-bond acceptors (Lipinski definition) is 4. The minimum atomic E-state index is -0.253. The number of thioether (sulfide) groups is 1. The quantitative estimate of drug-likeness (QED) is 0.659. The molecule has 0 radical (unpaired) electrons. The topological polar surface area (TPSA) is 74.8 Å². The number of fused-ring (bicyclic) bond motifs is 1. The SMILES string of the molecule is CCCSc1nc2c(c(=O)[nH]1)C(c1c(C)cccc1C)CC(=O)N2. The fourth-order valence-electron chi connectivity index (χ4n) is 3.24. The molecule has 0 saturated carbocycles. The number of rotatable bonds is 4. The van der Waals surface area contributed by atoms with Crippen LogP contribution in [0.25, 0.3) is 0 Å². The third-order valence-electron chi connectivity index (χ3n) is 4.26. The summed E-state index contributed by atoms with van der Waals surface area (Å²) in [7, 11) is 0. The minimum absolute atomic E-state index is 0.0975. The molecule has 0 spiro atoms. The van der Waals surface area contributed by atoms with E-state index in [-0.39, 0.29) is 23.8 Å². The highest BCUT2D eigenvalue weighted by Gasteiger charge is 2.32. The zero-order chi connectivity index (χ0) is 17.3. The molecule has 5 nitrogen and oxygen atoms in total. The molecule has 24 heavy (non-hydrogen) atoms. The van der Waals surface area contributed by atoms with Crippen molar-refractivity contribution in [2.45, 2.75) is 44.7 Å². The van der Waals surface area contributed by atoms with Crippen LogP contribution in [0.1, 0.15) is 47.9 Å². The number of carbonyl (C=O) groups is 1. The van der Waals surface area contributed by atoms with Gasteiger partial charge in [-0.15, -0.1) is 0 Å². The van der Waals surface area contributed by atoms with Crippen LogP contribution in [-0.2, 0) is 4.79 Å². The highest BCUT2D eigenvalue weighted by Crippen LogP contribution is 2.37. The molecule has 6 heteroatoms. The van der Waals surface area contributed by atoms with E-state index in [4.69, 9.17) is 0 Å². The Hall–Kier alpha value is -2.08. The molecular formula is C18H21N3O2S. The first-order chi connectivity index (χ1) is 11.5. The molecule has 1 atom stereocenters. The Balaban J connectivity index is 2.13. The van der Waals surface area contributed by atoms with Crippen molar-refractivity contribution in [3.05, 3.63) is 50.8 Å². The van der Waals surface area contributed by atoms with E-state index in [2.05, 4.69) is 22.2 Å². The standard InChI is InChI=1S/C18H21N3O2S/c1-4-8-24-18-20-16-15(17(23)21-18)12(9-13(22)19-16)14-10(2)6-5-7-11(14)3/h5-7,12H,4,8-9H2,1-3H3,(H2,19,20,21,22,23). The van der Waals surface area contributed by atoms with Gasteiger partial charge in [-0.3, -0.25) is 9.59 Å². The van der Waals surface area contributed by atoms with E-state index in [9.17, 15) is 9.59 Å². The number of aromatic amines is 1. The van der Waals surface area contributed by atoms with Gasteiger partial charge in [0.1, 0.15) is 5.82 Å². The lowest BCUT2D eigenvalue weighted by Crippen LogP contribution is -2.32. The summed E-state index contributed by atoms with van der Waals surface area (Å²) in [6, 6.07) is 6.02. The van der Waals surface area contributed by atoms with Gasteiger partial charge in [-0.1, -0.05) is 36.9 Å². The number of carbonyl (C=O) groups excluding carboxylic acids is 1. The van der Waals surface area contributed by atoms with Crippen molar-refractivity contribution < 1.29 is 4.79 Å². The number of nitrogens with one attached hydrogen (secondary N) is 2. The Bertz CT molecular complexity index is 824. The van der Waals surface area contributed by atoms with Crippen molar-refractivity contribution in [1.82, 2.24) is 9.97 Å². The lowest BCUT2D eigenvalue weighted by Gasteiger charge is -2.27. The molecule has 0 bridgehead atoms. The number of amides is 1. The van der Waals surface area contributed by atoms with E-state index < -0.39 is 0 Å². The van der Waals surface area contributed by atoms with Crippen LogP contribution in [0.15, 0.2) is 28.2 Å². The maximum Gasteiger partial charge on any atom is 0.257 e. The second kappa shape index (κ2) is 6.81. The third-order valence-corrected chi connectivity index (χ3v) is 5.34. The molecule has 1 amide bonds. The normalized spacial score (nSPS) is 16.6. The summed E-state index contributed by atoms with van der Waals surface area (Å²) >= 11 is 1.49. The fraction of sp³-hybridized carbons (Fsp3) is 0.389. The second-order valence-corrected chi connectivity index (χ2v) is 7.18. The Labute approximate surface area is 145 Å². The molecule has 1 aliphatic heterocycles. The molecule has 1 aliphatic rings. The van der Waals surface area contributed by atoms with E-state index in [0.29, 0.717) is 16.5 Å². The van der Waals surface area contributed by atoms with E-state index in [1.807, 2.05) is 32.0 Å². The molecule has 2 heterocycles. The zero-order valence-electron chi connectivity index (χ0n) is 14.1. The summed E-state index contributed by atoms with van der Waals surface area (Å²) in [5, 5.41) is 3.33. The van der Waals surface area contributed by atoms with Crippen molar-refractivity contribution in [2.24, 2.45) is 0 Å². The Morgan fingerprint density at radius 1 is 1.21 bits per heavy atom. The molecule has 126 valence electrons. The molecule has 0 saturated heterocycles. The van der Waals surface area contributed by atoms with Crippen molar-refractivity contribution >= 4 is 23.5 Å². The first-order valence-corrected chi connectivity index (χ1v) is 9.12. The first kappa shape index (κ1) is 16.8. The molecule has 1 aromatic heterocycles. The van der Waals surface area contributed by atoms with Gasteiger partial charge < -0.3 is 10.3 Å². The van der Waals surface area contributed by atoms with E-state index >= 15 is 0 Å². The molecule has 0 fully saturated rings. The van der Waals surface area contributed by atoms with Crippen LogP contribution >= 0.6 is 11.8 Å². The fourth-order valence-corrected chi connectivity index (χ4v) is 3.96. The summed E-state index contributed by atoms with van der Waals surface area (Å²) in [5.41, 5.74) is 3.63. The number of benzene rings is 1. The van der Waals surface area contributed by atoms with Gasteiger partial charge in [-0.05, 0) is 37.0 Å². The van der Waals surface area contributed by atoms with E-state index in [1.54, 1.807) is 0 Å². The summed E-state index contributed by atoms with van der Waals surface area (Å²) < 4.78 is 0. The highest BCUT2D eigenvalue weighted by atomic mass is 32.2. The van der Waals surface area contributed by atoms with Crippen molar-refractivity contribution in [3.8, 4) is 0 Å². The minimum Gasteiger partial charge on any atom is -0.310 e. The third kappa shape index (κ3) is 3.11. The van der Waals surface area contributed by atoms with Gasteiger partial charge in [-0.25, -0.2) is 4.98 Å². The van der Waals surface area contributed by atoms with Crippen molar-refractivity contribution in [1.29, 1.82) is 0 Å². The number of aromatic nitrogens is 2. The predicted molar refractivity (Wildman–Crippen MR) is 96.9 cm³/mol. The Kier molecular flexibility index (Phi) is 4.76. The van der Waals surface area contributed by atoms with Crippen LogP contribution in [0.3, 0.4) is 0 Å². The molecule has 1 aromatic carbocycles. The lowest BCUT2D eigenvalue weighted by molar-refractivity contribution is -0.116. The lowest BCUT2D eigenvalue weighted by atomic mass is 9.82. The van der Waals surface area contributed by atoms with E-state index in [0.717, 1.165) is 28.9 Å². The van der Waals surface area contributed by atoms with Gasteiger partial charge in [0.25, 0.3) is 5.56 Å². The summed E-state index contributed by atoms with van der Waals surface area (Å²) in [6.07, 6.45) is 1.26. The predicted octanol–water partition coefficient (Wildman–Crippen LogP) is 3.36. The molecule has 2 N–H and O–H groups in total. The summed E-state index contributed by atoms with van der Waals surface area (Å²) in [5.74, 6) is 0.924. The number of H-pyrrole nitrogens is 1. The Morgan fingerprint density at radius 2 is 1.92 bits per heavy atom. The van der Waals surface area contributed by atoms with Crippen LogP contribution in [0, 0.1) is 13.8 Å². The molecule has 2 aromatic rings. The van der Waals surface area contributed by atoms with Crippen LogP contribution in [0.2, 0.25) is 0 Å². The first-order valence-electron chi connectivity index (χ1n) is 8.14. The van der Waals surface area contributed by atoms with Crippen LogP contribution in [-0.4, -0.2) is 21.6 Å². The van der Waals surface area contributed by atoms with Crippen LogP contribution in [0.4, 0.5) is 5.82 Å². The van der Waals surface area contributed by atoms with Gasteiger partial charge in [0.05, 0.1) is 5.56 Å². The Morgan fingerprint density at radius 3 is 2.58 bits per heavy atom. The van der Waals surface area contributed by atoms with Crippen molar-refractivity contribution in [2.75, 3.05) is 11.1 Å². The maximum absolute atomic E-state index is 12.7. The van der Waals surface area contributed by atoms with E-state index in [1.165, 1.54) is 11.8 Å². The number of aryl methyl sites for hydroxylation is 2. The number of nitrogens with zero attached hydrogens (tertiary/aromatic N) is 1. The second-order valence-electron chi connectivity index (χ2n) is 6.09. The smallest absolute Gasteiger partial charge is 0.257 e. The average molecular weight is 343 g/mol. The van der Waals surface area contributed by atoms with Gasteiger partial charge in [0, 0.05) is 18.1 Å². The van der Waals surface area contributed by atoms with Gasteiger partial charge >= 0.3 is 0 Å².